The highest BCUT2D eigenvalue weighted by molar-refractivity contribution is 5.84. The molecule has 3 saturated heterocycles. The molecule has 7 aliphatic carbocycles. The van der Waals surface area contributed by atoms with Gasteiger partial charge in [0.15, 0.2) is 0 Å². The second kappa shape index (κ2) is 86.1. The van der Waals surface area contributed by atoms with Gasteiger partial charge >= 0.3 is 0 Å². The number of hydrogen-bond acceptors (Lipinski definition) is 22. The van der Waals surface area contributed by atoms with E-state index in [1.54, 1.807) is 19.0 Å². The molecule has 0 aromatic carbocycles. The average Bonchev–Trinajstić information content (AvgIpc) is 1.70. The lowest BCUT2D eigenvalue weighted by Gasteiger charge is -2.33. The number of carbonyl (C=O) groups excluding carboxylic acids is 11. The third-order valence-corrected chi connectivity index (χ3v) is 29.2. The number of hydrogen-bond donors (Lipinski definition) is 20. The van der Waals surface area contributed by atoms with Gasteiger partial charge in [0.1, 0.15) is 0 Å². The van der Waals surface area contributed by atoms with E-state index < -0.39 is 6.04 Å². The van der Waals surface area contributed by atoms with Gasteiger partial charge < -0.3 is 115 Å². The van der Waals surface area contributed by atoms with Crippen LogP contribution in [0.1, 0.15) is 379 Å². The van der Waals surface area contributed by atoms with Crippen molar-refractivity contribution < 1.29 is 52.7 Å². The fourth-order valence-electron chi connectivity index (χ4n) is 19.1. The number of likely N-dealkylation sites (tertiary alicyclic amines) is 1. The highest BCUT2D eigenvalue weighted by Crippen LogP contribution is 2.34. The van der Waals surface area contributed by atoms with Gasteiger partial charge in [-0.1, -0.05) is 212 Å². The molecule has 147 heavy (non-hydrogen) atoms. The largest absolute Gasteiger partial charge is 0.358 e. The van der Waals surface area contributed by atoms with Crippen LogP contribution in [0.25, 0.3) is 0 Å². The third kappa shape index (κ3) is 66.4. The van der Waals surface area contributed by atoms with Gasteiger partial charge in [-0.05, 0) is 258 Å². The summed E-state index contributed by atoms with van der Waals surface area (Å²) in [6, 6.07) is 2.01. The molecule has 0 radical (unpaired) electrons. The zero-order valence-corrected chi connectivity index (χ0v) is 90.5. The molecule has 7 saturated carbocycles. The van der Waals surface area contributed by atoms with E-state index in [0.29, 0.717) is 109 Å². The second-order valence-corrected chi connectivity index (χ2v) is 45.1. The van der Waals surface area contributed by atoms with Crippen LogP contribution >= 0.6 is 0 Å². The third-order valence-electron chi connectivity index (χ3n) is 29.2. The van der Waals surface area contributed by atoms with E-state index in [4.69, 9.17) is 45.9 Å². The van der Waals surface area contributed by atoms with Gasteiger partial charge in [-0.15, -0.1) is 0 Å². The normalized spacial score (nSPS) is 25.6. The summed E-state index contributed by atoms with van der Waals surface area (Å²) in [6.07, 6.45) is 31.2. The molecule has 876 valence electrons. The van der Waals surface area contributed by atoms with Gasteiger partial charge in [0.2, 0.25) is 65.0 Å². The maximum atomic E-state index is 11.9. The predicted molar refractivity (Wildman–Crippen MR) is 621 cm³/mol. The standard InChI is InChI=1S/C14H28N4O2.C14H27N3O.C11H21N3O2.6C11H22N2O.9CH4/c1-8(2)12(15)14(20)18-11-5-10(16-7-11)6-17-13(19)9(3)4;1-10(2)14(18)16-12-7-8-17(9-12)13-5-3-11(15)4-6-13;1-7(2)11(16)14(4)8-5-9(13-6-8)10(15)12-3;1-8(2)11(14)13-7-9-3-5-10(12)6-4-9;4*1-8(2)11(14)13-7-10-4-3-9(5-10)6-12;1-8(2)11(14)13-7-9-4-3-5-10(12)6-9;;;;;;;;;/h8-12,16H,5-7,15H2,1-4H3,(H,17,19)(H,18,20);10-13H,3-9,15H2,1-2H3,(H,16,18);7-9,13H,5-6H2,1-4H3,(H,12,15);6*8-10H,3-7,12H2,1-2H3,(H,13,14);9*1H4/t10-,11?,12+;11?,12-,13?;8-,9-;;2*9-,10+;2*9-,10-;;;;;;;;;;/m000.1010........../s1. The number of amides is 11. The molecule has 28 N–H and O–H groups in total. The van der Waals surface area contributed by atoms with Crippen molar-refractivity contribution in [2.24, 2.45) is 164 Å². The Hall–Kier alpha value is -6.27. The highest BCUT2D eigenvalue weighted by Gasteiger charge is 2.37. The fourth-order valence-corrected chi connectivity index (χ4v) is 19.1. The summed E-state index contributed by atoms with van der Waals surface area (Å²) in [6.45, 7) is 50.7. The van der Waals surface area contributed by atoms with Crippen molar-refractivity contribution >= 4 is 65.0 Å². The number of nitrogens with one attached hydrogen (secondary N) is 12. The van der Waals surface area contributed by atoms with Crippen molar-refractivity contribution in [1.82, 2.24) is 73.6 Å². The molecular weight excluding hydrogens is 1850 g/mol. The molecule has 11 amide bonds. The van der Waals surface area contributed by atoms with Crippen molar-refractivity contribution in [2.45, 2.75) is 439 Å². The monoisotopic (exact) mass is 2100 g/mol. The van der Waals surface area contributed by atoms with Gasteiger partial charge in [0.05, 0.1) is 12.1 Å². The predicted octanol–water partition coefficient (Wildman–Crippen LogP) is 13.1. The molecule has 3 heterocycles. The lowest BCUT2D eigenvalue weighted by Crippen LogP contribution is -2.48. The molecule has 0 spiro atoms. The molecule has 16 atom stereocenters. The van der Waals surface area contributed by atoms with Gasteiger partial charge in [0.25, 0.3) is 0 Å². The number of nitrogens with zero attached hydrogens (tertiary/aromatic N) is 2. The highest BCUT2D eigenvalue weighted by atomic mass is 16.2. The van der Waals surface area contributed by atoms with E-state index >= 15 is 0 Å². The SMILES string of the molecule is C.C.C.C.C.C.C.C.C.CC(C)C(=O)NCC1CCC(N)CC1.CC(C)C(=O)NCC1CCCC(N)C1.CC(C)C(=O)NC[C@@H]1CC(NC(=O)[C@H](N)C(C)C)CN1.CC(C)C(=O)NC[C@@H]1CC[C@@H](CN)C1.CC(C)C(=O)NC[C@@H]1CC[C@H](CN)C1.CC(C)C(=O)NC[C@H]1CC[C@@H](CN)C1.CC(C)C(=O)NC[C@H]1CC[C@H](CN)C1.CC(C)C(=O)N[C@H]1CCN(C2CCC(N)CC2)C1.CNC(=O)[C@@H]1C[C@H](N(C)C(=O)C(C)C)CN1. The average molecular weight is 2100 g/mol. The summed E-state index contributed by atoms with van der Waals surface area (Å²) in [5.41, 5.74) is 45.9. The molecule has 0 bridgehead atoms. The molecule has 0 aromatic rings. The zero-order valence-electron chi connectivity index (χ0n) is 90.5. The zero-order chi connectivity index (χ0) is 104. The minimum absolute atomic E-state index is 0. The van der Waals surface area contributed by atoms with Crippen molar-refractivity contribution in [1.29, 1.82) is 0 Å². The maximum Gasteiger partial charge on any atom is 0.237 e. The van der Waals surface area contributed by atoms with E-state index in [-0.39, 0.29) is 215 Å². The second-order valence-electron chi connectivity index (χ2n) is 45.1. The van der Waals surface area contributed by atoms with Gasteiger partial charge in [-0.3, -0.25) is 57.6 Å². The van der Waals surface area contributed by atoms with Crippen LogP contribution in [0, 0.1) is 118 Å². The van der Waals surface area contributed by atoms with E-state index in [1.807, 2.05) is 138 Å². The Labute approximate surface area is 902 Å². The lowest BCUT2D eigenvalue weighted by molar-refractivity contribution is -0.135. The maximum absolute atomic E-state index is 11.9. The first-order chi connectivity index (χ1) is 65.0. The van der Waals surface area contributed by atoms with Crippen LogP contribution in [-0.2, 0) is 52.7 Å². The summed E-state index contributed by atoms with van der Waals surface area (Å²) in [4.78, 5) is 130. The van der Waals surface area contributed by atoms with Crippen LogP contribution in [0.2, 0.25) is 0 Å². The Morgan fingerprint density at radius 1 is 0.320 bits per heavy atom. The van der Waals surface area contributed by atoms with Crippen LogP contribution in [-0.4, -0.2) is 247 Å². The molecule has 10 rings (SSSR count). The molecule has 3 unspecified atom stereocenters. The van der Waals surface area contributed by atoms with Gasteiger partial charge in [-0.2, -0.15) is 0 Å². The fraction of sp³-hybridized carbons (Fsp3) is 0.904. The summed E-state index contributed by atoms with van der Waals surface area (Å²) in [7, 11) is 3.43. The number of rotatable bonds is 34. The number of likely N-dealkylation sites (N-methyl/N-ethyl adjacent to an activating group) is 2. The van der Waals surface area contributed by atoms with E-state index in [2.05, 4.69) is 68.7 Å². The van der Waals surface area contributed by atoms with Crippen molar-refractivity contribution in [3.05, 3.63) is 0 Å². The summed E-state index contributed by atoms with van der Waals surface area (Å²) in [5.74, 6) is 8.71. The van der Waals surface area contributed by atoms with Gasteiger partial charge in [0, 0.05) is 188 Å². The molecule has 0 aromatic heterocycles. The minimum Gasteiger partial charge on any atom is -0.358 e. The van der Waals surface area contributed by atoms with Crippen LogP contribution < -0.4 is 110 Å². The van der Waals surface area contributed by atoms with Crippen LogP contribution in [0.3, 0.4) is 0 Å². The van der Waals surface area contributed by atoms with Crippen molar-refractivity contribution in [2.75, 3.05) is 112 Å². The Balaban J connectivity index is -0.000000245. The smallest absolute Gasteiger partial charge is 0.237 e. The number of nitrogens with two attached hydrogens (primary N) is 8. The van der Waals surface area contributed by atoms with E-state index in [0.717, 1.165) is 136 Å². The topological polar surface area (TPSA) is 547 Å². The lowest BCUT2D eigenvalue weighted by atomic mass is 9.86. The molecular formula is C114H244N22O11. The van der Waals surface area contributed by atoms with Crippen LogP contribution in [0.5, 0.6) is 0 Å². The Morgan fingerprint density at radius 3 is 0.932 bits per heavy atom. The van der Waals surface area contributed by atoms with Crippen LogP contribution in [0.4, 0.5) is 0 Å². The Kier molecular flexibility index (Phi) is 91.4. The molecule has 33 heteroatoms. The number of carbonyl (C=O) groups is 11. The molecule has 10 fully saturated rings. The van der Waals surface area contributed by atoms with E-state index in [1.165, 1.54) is 116 Å². The van der Waals surface area contributed by atoms with E-state index in [9.17, 15) is 52.7 Å². The quantitative estimate of drug-likeness (QED) is 0.0284. The summed E-state index contributed by atoms with van der Waals surface area (Å²) in [5, 5.41) is 36.0. The summed E-state index contributed by atoms with van der Waals surface area (Å²) < 4.78 is 0. The first kappa shape index (κ1) is 156. The van der Waals surface area contributed by atoms with Crippen LogP contribution in [0.15, 0.2) is 0 Å². The Bertz CT molecular complexity index is 3210. The Morgan fingerprint density at radius 2 is 0.626 bits per heavy atom. The van der Waals surface area contributed by atoms with Gasteiger partial charge in [-0.25, -0.2) is 0 Å². The first-order valence-electron chi connectivity index (χ1n) is 54.1. The molecule has 3 aliphatic heterocycles. The molecule has 33 nitrogen and oxygen atoms in total. The van der Waals surface area contributed by atoms with Crippen molar-refractivity contribution in [3.63, 3.8) is 0 Å². The van der Waals surface area contributed by atoms with Crippen molar-refractivity contribution in [3.8, 4) is 0 Å². The summed E-state index contributed by atoms with van der Waals surface area (Å²) >= 11 is 0. The first-order valence-corrected chi connectivity index (χ1v) is 54.1. The minimum atomic E-state index is -0.463. The molecule has 10 aliphatic rings.